The van der Waals surface area contributed by atoms with E-state index >= 15 is 0 Å². The van der Waals surface area contributed by atoms with Crippen molar-refractivity contribution < 1.29 is 5.11 Å². The van der Waals surface area contributed by atoms with Crippen LogP contribution in [-0.2, 0) is 0 Å². The van der Waals surface area contributed by atoms with Gasteiger partial charge in [-0.3, -0.25) is 0 Å². The van der Waals surface area contributed by atoms with Crippen LogP contribution in [0.2, 0.25) is 0 Å². The zero-order valence-electron chi connectivity index (χ0n) is 10.3. The summed E-state index contributed by atoms with van der Waals surface area (Å²) < 4.78 is 0. The van der Waals surface area contributed by atoms with Gasteiger partial charge in [-0.15, -0.1) is 0 Å². The van der Waals surface area contributed by atoms with E-state index < -0.39 is 6.10 Å². The van der Waals surface area contributed by atoms with Crippen LogP contribution in [0.4, 0.5) is 0 Å². The molecule has 0 bridgehead atoms. The maximum absolute atomic E-state index is 9.54. The second-order valence-corrected chi connectivity index (χ2v) is 4.23. The second-order valence-electron chi connectivity index (χ2n) is 4.23. The number of aliphatic hydroxyl groups is 1. The molecule has 3 heteroatoms. The van der Waals surface area contributed by atoms with Gasteiger partial charge in [0.05, 0.1) is 6.10 Å². The zero-order chi connectivity index (χ0) is 12.4. The van der Waals surface area contributed by atoms with E-state index in [2.05, 4.69) is 9.97 Å². The number of aliphatic hydroxyl groups excluding tert-OH is 1. The fraction of sp³-hybridized carbons (Fsp3) is 0.286. The van der Waals surface area contributed by atoms with Crippen molar-refractivity contribution in [2.24, 2.45) is 0 Å². The Kier molecular flexibility index (Phi) is 3.20. The normalized spacial score (nSPS) is 12.5. The summed E-state index contributed by atoms with van der Waals surface area (Å²) in [5.74, 6) is 0.713. The van der Waals surface area contributed by atoms with Crippen molar-refractivity contribution in [3.63, 3.8) is 0 Å². The van der Waals surface area contributed by atoms with Crippen molar-refractivity contribution in [2.75, 3.05) is 0 Å². The van der Waals surface area contributed by atoms with Gasteiger partial charge in [0.25, 0.3) is 0 Å². The van der Waals surface area contributed by atoms with E-state index in [-0.39, 0.29) is 0 Å². The van der Waals surface area contributed by atoms with Crippen molar-refractivity contribution in [2.45, 2.75) is 26.9 Å². The molecule has 1 aromatic carbocycles. The molecule has 1 aromatic heterocycles. The predicted molar refractivity (Wildman–Crippen MR) is 67.6 cm³/mol. The van der Waals surface area contributed by atoms with Gasteiger partial charge in [-0.2, -0.15) is 0 Å². The molecule has 1 heterocycles. The Morgan fingerprint density at radius 2 is 1.88 bits per heavy atom. The molecule has 0 spiro atoms. The molecular formula is C14H16N2O. The lowest BCUT2D eigenvalue weighted by Gasteiger charge is -2.10. The van der Waals surface area contributed by atoms with E-state index in [9.17, 15) is 5.11 Å². The van der Waals surface area contributed by atoms with Gasteiger partial charge in [-0.1, -0.05) is 24.3 Å². The Hall–Kier alpha value is -1.74. The first-order valence-corrected chi connectivity index (χ1v) is 5.67. The summed E-state index contributed by atoms with van der Waals surface area (Å²) in [4.78, 5) is 8.78. The van der Waals surface area contributed by atoms with Gasteiger partial charge in [-0.25, -0.2) is 9.97 Å². The maximum atomic E-state index is 9.54. The Labute approximate surface area is 101 Å². The smallest absolute Gasteiger partial charge is 0.159 e. The minimum absolute atomic E-state index is 0.527. The van der Waals surface area contributed by atoms with Gasteiger partial charge in [0.2, 0.25) is 0 Å². The average molecular weight is 228 g/mol. The third-order valence-corrected chi connectivity index (χ3v) is 2.85. The zero-order valence-corrected chi connectivity index (χ0v) is 10.3. The van der Waals surface area contributed by atoms with E-state index in [4.69, 9.17) is 0 Å². The molecule has 88 valence electrons. The third-order valence-electron chi connectivity index (χ3n) is 2.85. The fourth-order valence-corrected chi connectivity index (χ4v) is 1.84. The van der Waals surface area contributed by atoms with Crippen molar-refractivity contribution in [1.82, 2.24) is 9.97 Å². The number of rotatable bonds is 2. The quantitative estimate of drug-likeness (QED) is 0.859. The highest BCUT2D eigenvalue weighted by Gasteiger charge is 2.10. The highest BCUT2D eigenvalue weighted by molar-refractivity contribution is 5.59. The van der Waals surface area contributed by atoms with Crippen LogP contribution in [0.3, 0.4) is 0 Å². The van der Waals surface area contributed by atoms with E-state index in [0.29, 0.717) is 5.82 Å². The number of aryl methyl sites for hydroxylation is 2. The summed E-state index contributed by atoms with van der Waals surface area (Å²) in [6.45, 7) is 5.65. The van der Waals surface area contributed by atoms with Crippen molar-refractivity contribution in [1.29, 1.82) is 0 Å². The lowest BCUT2D eigenvalue weighted by atomic mass is 10.1. The molecule has 3 nitrogen and oxygen atoms in total. The minimum atomic E-state index is -0.527. The predicted octanol–water partition coefficient (Wildman–Crippen LogP) is 2.81. The van der Waals surface area contributed by atoms with Crippen molar-refractivity contribution >= 4 is 0 Å². The van der Waals surface area contributed by atoms with Crippen molar-refractivity contribution in [3.8, 4) is 11.4 Å². The Morgan fingerprint density at radius 1 is 1.18 bits per heavy atom. The molecule has 2 aromatic rings. The highest BCUT2D eigenvalue weighted by Crippen LogP contribution is 2.22. The first-order valence-electron chi connectivity index (χ1n) is 5.67. The summed E-state index contributed by atoms with van der Waals surface area (Å²) in [5.41, 5.74) is 3.79. The summed E-state index contributed by atoms with van der Waals surface area (Å²) in [7, 11) is 0. The van der Waals surface area contributed by atoms with E-state index in [1.807, 2.05) is 38.1 Å². The van der Waals surface area contributed by atoms with E-state index in [1.165, 1.54) is 0 Å². The number of hydrogen-bond donors (Lipinski definition) is 1. The topological polar surface area (TPSA) is 46.0 Å². The molecule has 0 radical (unpaired) electrons. The summed E-state index contributed by atoms with van der Waals surface area (Å²) in [6, 6.07) is 8.02. The molecule has 0 aliphatic heterocycles. The second kappa shape index (κ2) is 4.63. The molecule has 2 rings (SSSR count). The van der Waals surface area contributed by atoms with Crippen molar-refractivity contribution in [3.05, 3.63) is 47.3 Å². The van der Waals surface area contributed by atoms with Crippen LogP contribution in [0.25, 0.3) is 11.4 Å². The number of nitrogens with zero attached hydrogens (tertiary/aromatic N) is 2. The molecule has 0 amide bonds. The average Bonchev–Trinajstić information content (AvgIpc) is 2.29. The molecule has 1 atom stereocenters. The monoisotopic (exact) mass is 228 g/mol. The van der Waals surface area contributed by atoms with E-state index in [0.717, 1.165) is 22.4 Å². The summed E-state index contributed by atoms with van der Waals surface area (Å²) in [5, 5.41) is 9.54. The first-order chi connectivity index (χ1) is 8.09. The van der Waals surface area contributed by atoms with Gasteiger partial charge >= 0.3 is 0 Å². The van der Waals surface area contributed by atoms with Crippen LogP contribution in [-0.4, -0.2) is 15.1 Å². The standard InChI is InChI=1S/C14H16N2O/c1-9-6-4-5-7-12(9)14-15-8-13(11(3)17)10(2)16-14/h4-8,11,17H,1-3H3. The Morgan fingerprint density at radius 3 is 2.47 bits per heavy atom. The van der Waals surface area contributed by atoms with Gasteiger partial charge < -0.3 is 5.11 Å². The van der Waals surface area contributed by atoms with Crippen LogP contribution < -0.4 is 0 Å². The highest BCUT2D eigenvalue weighted by atomic mass is 16.3. The first kappa shape index (κ1) is 11.7. The minimum Gasteiger partial charge on any atom is -0.389 e. The molecule has 0 aliphatic rings. The molecule has 0 saturated heterocycles. The molecule has 17 heavy (non-hydrogen) atoms. The largest absolute Gasteiger partial charge is 0.389 e. The number of aromatic nitrogens is 2. The molecule has 0 saturated carbocycles. The Balaban J connectivity index is 2.49. The van der Waals surface area contributed by atoms with Gasteiger partial charge in [-0.05, 0) is 26.3 Å². The molecule has 0 aliphatic carbocycles. The van der Waals surface area contributed by atoms with Gasteiger partial charge in [0, 0.05) is 23.0 Å². The fourth-order valence-electron chi connectivity index (χ4n) is 1.84. The lowest BCUT2D eigenvalue weighted by Crippen LogP contribution is -2.01. The number of benzene rings is 1. The maximum Gasteiger partial charge on any atom is 0.159 e. The number of hydrogen-bond acceptors (Lipinski definition) is 3. The molecular weight excluding hydrogens is 212 g/mol. The summed E-state index contributed by atoms with van der Waals surface area (Å²) >= 11 is 0. The van der Waals surface area contributed by atoms with Crippen LogP contribution in [0.5, 0.6) is 0 Å². The Bertz CT molecular complexity index is 535. The van der Waals surface area contributed by atoms with Gasteiger partial charge in [0.15, 0.2) is 5.82 Å². The molecule has 0 fully saturated rings. The third kappa shape index (κ3) is 2.34. The molecule has 1 unspecified atom stereocenters. The van der Waals surface area contributed by atoms with E-state index in [1.54, 1.807) is 13.1 Å². The van der Waals surface area contributed by atoms with Crippen LogP contribution in [0, 0.1) is 13.8 Å². The SMILES string of the molecule is Cc1ccccc1-c1ncc(C(C)O)c(C)n1. The summed E-state index contributed by atoms with van der Waals surface area (Å²) in [6.07, 6.45) is 1.18. The lowest BCUT2D eigenvalue weighted by molar-refractivity contribution is 0.197. The van der Waals surface area contributed by atoms with Crippen LogP contribution in [0.15, 0.2) is 30.5 Å². The van der Waals surface area contributed by atoms with Gasteiger partial charge in [0.1, 0.15) is 0 Å². The molecule has 1 N–H and O–H groups in total. The van der Waals surface area contributed by atoms with Crippen LogP contribution >= 0.6 is 0 Å². The van der Waals surface area contributed by atoms with Crippen LogP contribution in [0.1, 0.15) is 29.8 Å².